The Morgan fingerprint density at radius 1 is 1.38 bits per heavy atom. The van der Waals surface area contributed by atoms with Gasteiger partial charge < -0.3 is 4.74 Å². The molecule has 0 aliphatic carbocycles. The third kappa shape index (κ3) is 2.22. The van der Waals surface area contributed by atoms with Crippen molar-refractivity contribution < 1.29 is 9.53 Å². The maximum absolute atomic E-state index is 11.2. The zero-order valence-electron chi connectivity index (χ0n) is 9.05. The molecule has 0 radical (unpaired) electrons. The van der Waals surface area contributed by atoms with Crippen LogP contribution in [0.5, 0.6) is 0 Å². The second-order valence-corrected chi connectivity index (χ2v) is 4.45. The van der Waals surface area contributed by atoms with E-state index < -0.39 is 0 Å². The number of carbonyl (C=O) groups excluding carboxylic acids is 1. The SMILES string of the molecule is CC1=C(N(C=O)c2ccccc2)SCCO1. The summed E-state index contributed by atoms with van der Waals surface area (Å²) >= 11 is 1.65. The fourth-order valence-corrected chi connectivity index (χ4v) is 2.46. The van der Waals surface area contributed by atoms with Gasteiger partial charge in [-0.05, 0) is 19.1 Å². The Kier molecular flexibility index (Phi) is 3.51. The van der Waals surface area contributed by atoms with Gasteiger partial charge in [0.05, 0.1) is 6.61 Å². The quantitative estimate of drug-likeness (QED) is 0.754. The molecule has 1 aliphatic rings. The van der Waals surface area contributed by atoms with Crippen molar-refractivity contribution in [2.75, 3.05) is 17.3 Å². The molecule has 1 amide bonds. The van der Waals surface area contributed by atoms with Crippen LogP contribution in [0.15, 0.2) is 41.1 Å². The fourth-order valence-electron chi connectivity index (χ4n) is 1.55. The highest BCUT2D eigenvalue weighted by Crippen LogP contribution is 2.31. The molecule has 1 aromatic rings. The fraction of sp³-hybridized carbons (Fsp3) is 0.250. The number of hydrogen-bond donors (Lipinski definition) is 0. The Morgan fingerprint density at radius 3 is 2.75 bits per heavy atom. The smallest absolute Gasteiger partial charge is 0.219 e. The number of nitrogens with zero attached hydrogens (tertiary/aromatic N) is 1. The molecule has 2 rings (SSSR count). The van der Waals surface area contributed by atoms with Crippen molar-refractivity contribution in [1.29, 1.82) is 0 Å². The van der Waals surface area contributed by atoms with E-state index in [-0.39, 0.29) is 0 Å². The van der Waals surface area contributed by atoms with Crippen LogP contribution in [-0.4, -0.2) is 18.8 Å². The first-order valence-corrected chi connectivity index (χ1v) is 6.07. The van der Waals surface area contributed by atoms with Crippen LogP contribution >= 0.6 is 11.8 Å². The summed E-state index contributed by atoms with van der Waals surface area (Å²) < 4.78 is 5.45. The second kappa shape index (κ2) is 5.07. The van der Waals surface area contributed by atoms with Gasteiger partial charge in [-0.25, -0.2) is 0 Å². The minimum atomic E-state index is 0.710. The minimum absolute atomic E-state index is 0.710. The van der Waals surface area contributed by atoms with Crippen LogP contribution in [0, 0.1) is 0 Å². The molecule has 0 bridgehead atoms. The molecule has 0 unspecified atom stereocenters. The summed E-state index contributed by atoms with van der Waals surface area (Å²) in [5, 5.41) is 0.882. The van der Waals surface area contributed by atoms with Crippen molar-refractivity contribution in [3.8, 4) is 0 Å². The van der Waals surface area contributed by atoms with E-state index in [1.165, 1.54) is 0 Å². The molecule has 16 heavy (non-hydrogen) atoms. The molecular formula is C12H13NO2S. The molecule has 0 fully saturated rings. The van der Waals surface area contributed by atoms with Gasteiger partial charge in [0.1, 0.15) is 10.8 Å². The minimum Gasteiger partial charge on any atom is -0.495 e. The zero-order chi connectivity index (χ0) is 11.4. The number of rotatable bonds is 3. The number of allylic oxidation sites excluding steroid dienone is 1. The summed E-state index contributed by atoms with van der Waals surface area (Å²) in [7, 11) is 0. The third-order valence-electron chi connectivity index (χ3n) is 2.30. The average Bonchev–Trinajstić information content (AvgIpc) is 2.34. The number of benzene rings is 1. The van der Waals surface area contributed by atoms with Crippen LogP contribution in [0.2, 0.25) is 0 Å². The van der Waals surface area contributed by atoms with Crippen molar-refractivity contribution in [3.05, 3.63) is 41.1 Å². The van der Waals surface area contributed by atoms with E-state index >= 15 is 0 Å². The predicted octanol–water partition coefficient (Wildman–Crippen LogP) is 2.60. The van der Waals surface area contributed by atoms with Crippen molar-refractivity contribution in [1.82, 2.24) is 0 Å². The highest BCUT2D eigenvalue weighted by molar-refractivity contribution is 8.03. The van der Waals surface area contributed by atoms with Crippen molar-refractivity contribution in [2.45, 2.75) is 6.92 Å². The number of para-hydroxylation sites is 1. The van der Waals surface area contributed by atoms with Gasteiger partial charge in [-0.3, -0.25) is 9.69 Å². The average molecular weight is 235 g/mol. The molecule has 0 saturated carbocycles. The van der Waals surface area contributed by atoms with Gasteiger partial charge >= 0.3 is 0 Å². The number of carbonyl (C=O) groups is 1. The first kappa shape index (κ1) is 11.1. The molecular weight excluding hydrogens is 222 g/mol. The highest BCUT2D eigenvalue weighted by Gasteiger charge is 2.18. The Hall–Kier alpha value is -1.42. The van der Waals surface area contributed by atoms with Crippen LogP contribution in [0.3, 0.4) is 0 Å². The lowest BCUT2D eigenvalue weighted by Gasteiger charge is -2.25. The Balaban J connectivity index is 2.33. The molecule has 3 nitrogen and oxygen atoms in total. The molecule has 4 heteroatoms. The maximum Gasteiger partial charge on any atom is 0.219 e. The van der Waals surface area contributed by atoms with Crippen LogP contribution < -0.4 is 4.90 Å². The van der Waals surface area contributed by atoms with Crippen LogP contribution in [0.25, 0.3) is 0 Å². The van der Waals surface area contributed by atoms with Crippen LogP contribution in [0.4, 0.5) is 5.69 Å². The Bertz CT molecular complexity index is 403. The molecule has 84 valence electrons. The van der Waals surface area contributed by atoms with Crippen molar-refractivity contribution in [2.24, 2.45) is 0 Å². The summed E-state index contributed by atoms with van der Waals surface area (Å²) in [5.74, 6) is 1.69. The first-order chi connectivity index (χ1) is 7.83. The summed E-state index contributed by atoms with van der Waals surface area (Å²) in [6, 6.07) is 9.57. The molecule has 0 spiro atoms. The van der Waals surface area contributed by atoms with E-state index in [4.69, 9.17) is 4.74 Å². The molecule has 1 aliphatic heterocycles. The monoisotopic (exact) mass is 235 g/mol. The topological polar surface area (TPSA) is 29.5 Å². The number of ether oxygens (including phenoxy) is 1. The standard InChI is InChI=1S/C12H13NO2S/c1-10-12(16-8-7-15-10)13(9-14)11-5-3-2-4-6-11/h2-6,9H,7-8H2,1H3. The molecule has 0 aromatic heterocycles. The first-order valence-electron chi connectivity index (χ1n) is 5.09. The van der Waals surface area contributed by atoms with Gasteiger partial charge in [-0.1, -0.05) is 18.2 Å². The van der Waals surface area contributed by atoms with Crippen molar-refractivity contribution >= 4 is 23.9 Å². The van der Waals surface area contributed by atoms with Crippen LogP contribution in [-0.2, 0) is 9.53 Å². The summed E-state index contributed by atoms with van der Waals surface area (Å²) in [4.78, 5) is 12.8. The number of thioether (sulfide) groups is 1. The number of amides is 1. The van der Waals surface area contributed by atoms with Gasteiger partial charge in [0.15, 0.2) is 0 Å². The van der Waals surface area contributed by atoms with E-state index in [1.807, 2.05) is 37.3 Å². The lowest BCUT2D eigenvalue weighted by Crippen LogP contribution is -2.23. The van der Waals surface area contributed by atoms with E-state index in [2.05, 4.69) is 0 Å². The molecule has 1 aromatic carbocycles. The van der Waals surface area contributed by atoms with E-state index in [1.54, 1.807) is 16.7 Å². The second-order valence-electron chi connectivity index (χ2n) is 3.37. The van der Waals surface area contributed by atoms with E-state index in [9.17, 15) is 4.79 Å². The highest BCUT2D eigenvalue weighted by atomic mass is 32.2. The maximum atomic E-state index is 11.2. The number of hydrogen-bond acceptors (Lipinski definition) is 3. The number of anilines is 1. The van der Waals surface area contributed by atoms with Gasteiger partial charge in [0.2, 0.25) is 6.41 Å². The zero-order valence-corrected chi connectivity index (χ0v) is 9.87. The largest absolute Gasteiger partial charge is 0.495 e. The molecule has 0 atom stereocenters. The van der Waals surface area contributed by atoms with Gasteiger partial charge in [0.25, 0.3) is 0 Å². The third-order valence-corrected chi connectivity index (χ3v) is 3.43. The van der Waals surface area contributed by atoms with E-state index in [0.717, 1.165) is 28.6 Å². The molecule has 0 N–H and O–H groups in total. The Labute approximate surface area is 99.1 Å². The van der Waals surface area contributed by atoms with Crippen molar-refractivity contribution in [3.63, 3.8) is 0 Å². The summed E-state index contributed by atoms with van der Waals surface area (Å²) in [5.41, 5.74) is 0.866. The predicted molar refractivity (Wildman–Crippen MR) is 66.1 cm³/mol. The summed E-state index contributed by atoms with van der Waals surface area (Å²) in [6.07, 6.45) is 0.829. The van der Waals surface area contributed by atoms with E-state index in [0.29, 0.717) is 6.61 Å². The lowest BCUT2D eigenvalue weighted by molar-refractivity contribution is -0.107. The Morgan fingerprint density at radius 2 is 2.12 bits per heavy atom. The van der Waals surface area contributed by atoms with Gasteiger partial charge in [-0.2, -0.15) is 0 Å². The molecule has 1 heterocycles. The van der Waals surface area contributed by atoms with Gasteiger partial charge in [-0.15, -0.1) is 11.8 Å². The van der Waals surface area contributed by atoms with Gasteiger partial charge in [0, 0.05) is 11.4 Å². The summed E-state index contributed by atoms with van der Waals surface area (Å²) in [6.45, 7) is 2.60. The molecule has 0 saturated heterocycles. The normalized spacial score (nSPS) is 15.6. The van der Waals surface area contributed by atoms with Crippen LogP contribution in [0.1, 0.15) is 6.92 Å². The lowest BCUT2D eigenvalue weighted by atomic mass is 10.3.